The van der Waals surface area contributed by atoms with Crippen LogP contribution in [0, 0.1) is 0 Å². The van der Waals surface area contributed by atoms with Crippen LogP contribution in [0.1, 0.15) is 25.0 Å². The first-order chi connectivity index (χ1) is 9.91. The summed E-state index contributed by atoms with van der Waals surface area (Å²) >= 11 is 1.49. The minimum absolute atomic E-state index is 0.0604. The van der Waals surface area contributed by atoms with Gasteiger partial charge in [0.25, 0.3) is 10.0 Å². The predicted octanol–water partition coefficient (Wildman–Crippen LogP) is 1.43. The molecule has 1 aromatic heterocycles. The Morgan fingerprint density at radius 1 is 1.38 bits per heavy atom. The number of carbonyl (C=O) groups is 1. The Morgan fingerprint density at radius 2 is 2.14 bits per heavy atom. The average Bonchev–Trinajstić information content (AvgIpc) is 2.82. The van der Waals surface area contributed by atoms with Crippen molar-refractivity contribution >= 4 is 27.7 Å². The third-order valence-electron chi connectivity index (χ3n) is 3.28. The predicted molar refractivity (Wildman–Crippen MR) is 81.5 cm³/mol. The summed E-state index contributed by atoms with van der Waals surface area (Å²) in [5.74, 6) is 1.11. The Balaban J connectivity index is 1.98. The van der Waals surface area contributed by atoms with Crippen molar-refractivity contribution in [2.24, 2.45) is 0 Å². The first-order valence-electron chi connectivity index (χ1n) is 6.82. The van der Waals surface area contributed by atoms with Crippen LogP contribution >= 0.6 is 11.8 Å². The average molecular weight is 332 g/mol. The molecule has 1 aromatic rings. The molecule has 1 amide bonds. The van der Waals surface area contributed by atoms with Gasteiger partial charge in [-0.05, 0) is 25.0 Å². The van der Waals surface area contributed by atoms with Crippen LogP contribution in [-0.2, 0) is 20.6 Å². The minimum atomic E-state index is -3.54. The lowest BCUT2D eigenvalue weighted by atomic mass is 10.2. The Labute approximate surface area is 129 Å². The van der Waals surface area contributed by atoms with Crippen molar-refractivity contribution in [3.05, 3.63) is 17.9 Å². The van der Waals surface area contributed by atoms with Crippen molar-refractivity contribution in [2.75, 3.05) is 20.6 Å². The van der Waals surface area contributed by atoms with Gasteiger partial charge in [0.05, 0.1) is 11.0 Å². The number of nitrogens with one attached hydrogen (secondary N) is 1. The van der Waals surface area contributed by atoms with Crippen LogP contribution < -0.4 is 5.32 Å². The Hall–Kier alpha value is -0.990. The molecule has 1 aliphatic rings. The van der Waals surface area contributed by atoms with Gasteiger partial charge < -0.3 is 9.73 Å². The summed E-state index contributed by atoms with van der Waals surface area (Å²) in [5.41, 5.74) is 0. The van der Waals surface area contributed by atoms with Crippen LogP contribution in [0.5, 0.6) is 0 Å². The summed E-state index contributed by atoms with van der Waals surface area (Å²) in [5, 5.41) is 2.73. The molecule has 0 aromatic carbocycles. The minimum Gasteiger partial charge on any atom is -0.447 e. The first-order valence-corrected chi connectivity index (χ1v) is 9.30. The zero-order valence-electron chi connectivity index (χ0n) is 12.2. The van der Waals surface area contributed by atoms with E-state index in [1.807, 2.05) is 0 Å². The fraction of sp³-hybridized carbons (Fsp3) is 0.615. The molecule has 0 saturated carbocycles. The van der Waals surface area contributed by atoms with E-state index < -0.39 is 10.0 Å². The van der Waals surface area contributed by atoms with Crippen LogP contribution in [0.15, 0.2) is 21.6 Å². The van der Waals surface area contributed by atoms with Gasteiger partial charge in [-0.3, -0.25) is 4.79 Å². The molecular formula is C13H20N2O4S2. The van der Waals surface area contributed by atoms with Crippen molar-refractivity contribution in [1.29, 1.82) is 0 Å². The smallest absolute Gasteiger partial charge is 0.275 e. The van der Waals surface area contributed by atoms with Crippen molar-refractivity contribution in [3.63, 3.8) is 0 Å². The molecule has 1 saturated heterocycles. The maximum Gasteiger partial charge on any atom is 0.275 e. The van der Waals surface area contributed by atoms with Gasteiger partial charge in [0.2, 0.25) is 11.0 Å². The summed E-state index contributed by atoms with van der Waals surface area (Å²) in [7, 11) is -0.617. The third-order valence-corrected chi connectivity index (χ3v) is 6.28. The molecule has 118 valence electrons. The normalized spacial score (nSPS) is 20.3. The molecule has 0 aliphatic carbocycles. The highest BCUT2D eigenvalue weighted by Gasteiger charge is 2.24. The summed E-state index contributed by atoms with van der Waals surface area (Å²) in [4.78, 5) is 11.8. The number of amides is 1. The molecule has 1 N–H and O–H groups in total. The van der Waals surface area contributed by atoms with E-state index in [1.54, 1.807) is 6.07 Å². The van der Waals surface area contributed by atoms with Crippen molar-refractivity contribution in [2.45, 2.75) is 35.4 Å². The number of rotatable bonds is 5. The lowest BCUT2D eigenvalue weighted by Gasteiger charge is -2.11. The number of hydrogen-bond donors (Lipinski definition) is 1. The Kier molecular flexibility index (Phi) is 5.34. The van der Waals surface area contributed by atoms with E-state index in [0.717, 1.165) is 30.1 Å². The van der Waals surface area contributed by atoms with E-state index in [1.165, 1.54) is 31.9 Å². The number of hydrogen-bond acceptors (Lipinski definition) is 5. The zero-order valence-corrected chi connectivity index (χ0v) is 13.8. The highest BCUT2D eigenvalue weighted by atomic mass is 32.2. The van der Waals surface area contributed by atoms with Gasteiger partial charge in [0.15, 0.2) is 0 Å². The fourth-order valence-corrected chi connectivity index (χ4v) is 3.91. The molecule has 1 aliphatic heterocycles. The van der Waals surface area contributed by atoms with Gasteiger partial charge in [-0.1, -0.05) is 6.42 Å². The molecule has 2 heterocycles. The number of sulfonamides is 1. The van der Waals surface area contributed by atoms with Crippen LogP contribution in [0.4, 0.5) is 0 Å². The SMILES string of the molecule is CN(C)S(=O)(=O)c1ccc(CS[C@@H]2CCCCNC2=O)o1. The van der Waals surface area contributed by atoms with Gasteiger partial charge in [-0.25, -0.2) is 12.7 Å². The zero-order chi connectivity index (χ0) is 15.5. The molecule has 1 fully saturated rings. The third kappa shape index (κ3) is 4.02. The van der Waals surface area contributed by atoms with Crippen molar-refractivity contribution in [1.82, 2.24) is 9.62 Å². The van der Waals surface area contributed by atoms with E-state index in [4.69, 9.17) is 4.42 Å². The van der Waals surface area contributed by atoms with Gasteiger partial charge >= 0.3 is 0 Å². The first kappa shape index (κ1) is 16.4. The summed E-state index contributed by atoms with van der Waals surface area (Å²) in [6.45, 7) is 0.738. The molecule has 0 bridgehead atoms. The van der Waals surface area contributed by atoms with Gasteiger partial charge in [-0.2, -0.15) is 0 Å². The summed E-state index contributed by atoms with van der Waals surface area (Å²) in [6, 6.07) is 3.11. The highest BCUT2D eigenvalue weighted by Crippen LogP contribution is 2.26. The molecular weight excluding hydrogens is 312 g/mol. The molecule has 1 atom stereocenters. The van der Waals surface area contributed by atoms with Crippen LogP contribution in [0.2, 0.25) is 0 Å². The number of thioether (sulfide) groups is 1. The van der Waals surface area contributed by atoms with E-state index in [0.29, 0.717) is 11.5 Å². The molecule has 6 nitrogen and oxygen atoms in total. The number of carbonyl (C=O) groups excluding carboxylic acids is 1. The van der Waals surface area contributed by atoms with Gasteiger partial charge in [-0.15, -0.1) is 11.8 Å². The quantitative estimate of drug-likeness (QED) is 0.882. The van der Waals surface area contributed by atoms with E-state index >= 15 is 0 Å². The second-order valence-electron chi connectivity index (χ2n) is 5.09. The van der Waals surface area contributed by atoms with E-state index in [2.05, 4.69) is 5.32 Å². The maximum atomic E-state index is 11.9. The molecule has 21 heavy (non-hydrogen) atoms. The van der Waals surface area contributed by atoms with Gasteiger partial charge in [0.1, 0.15) is 5.76 Å². The van der Waals surface area contributed by atoms with E-state index in [9.17, 15) is 13.2 Å². The second-order valence-corrected chi connectivity index (χ2v) is 8.37. The molecule has 2 rings (SSSR count). The number of nitrogens with zero attached hydrogens (tertiary/aromatic N) is 1. The summed E-state index contributed by atoms with van der Waals surface area (Å²) < 4.78 is 30.3. The molecule has 0 spiro atoms. The van der Waals surface area contributed by atoms with Crippen molar-refractivity contribution in [3.8, 4) is 0 Å². The van der Waals surface area contributed by atoms with Crippen LogP contribution in [0.25, 0.3) is 0 Å². The second kappa shape index (κ2) is 6.85. The Morgan fingerprint density at radius 3 is 2.86 bits per heavy atom. The fourth-order valence-electron chi connectivity index (χ4n) is 2.01. The largest absolute Gasteiger partial charge is 0.447 e. The molecule has 0 unspecified atom stereocenters. The van der Waals surface area contributed by atoms with Crippen molar-refractivity contribution < 1.29 is 17.6 Å². The van der Waals surface area contributed by atoms with Crippen LogP contribution in [-0.4, -0.2) is 44.5 Å². The Bertz CT molecular complexity index is 595. The van der Waals surface area contributed by atoms with E-state index in [-0.39, 0.29) is 16.2 Å². The molecule has 8 heteroatoms. The lowest BCUT2D eigenvalue weighted by Crippen LogP contribution is -2.30. The molecule has 0 radical (unpaired) electrons. The monoisotopic (exact) mass is 332 g/mol. The van der Waals surface area contributed by atoms with Crippen LogP contribution in [0.3, 0.4) is 0 Å². The lowest BCUT2D eigenvalue weighted by molar-refractivity contribution is -0.120. The topological polar surface area (TPSA) is 79.6 Å². The standard InChI is InChI=1S/C13H20N2O4S2/c1-15(2)21(17,18)12-7-6-10(19-12)9-20-11-5-3-4-8-14-13(11)16/h6-7,11H,3-5,8-9H2,1-2H3,(H,14,16)/t11-/m1/s1. The van der Waals surface area contributed by atoms with Gasteiger partial charge in [0, 0.05) is 20.6 Å². The maximum absolute atomic E-state index is 11.9. The number of furan rings is 1. The summed E-state index contributed by atoms with van der Waals surface area (Å²) in [6.07, 6.45) is 2.88. The highest BCUT2D eigenvalue weighted by molar-refractivity contribution is 7.99.